The lowest BCUT2D eigenvalue weighted by Gasteiger charge is -2.36. The monoisotopic (exact) mass is 324 g/mol. The Labute approximate surface area is 137 Å². The lowest BCUT2D eigenvalue weighted by atomic mass is 9.97. The minimum Gasteiger partial charge on any atom is -0.381 e. The second-order valence-electron chi connectivity index (χ2n) is 5.96. The number of likely N-dealkylation sites (tertiary alicyclic amines) is 1. The molecule has 1 aliphatic rings. The van der Waals surface area contributed by atoms with E-state index in [2.05, 4.69) is 27.7 Å². The van der Waals surface area contributed by atoms with Crippen LogP contribution in [0.4, 0.5) is 0 Å². The van der Waals surface area contributed by atoms with E-state index in [0.29, 0.717) is 5.92 Å². The number of rotatable bonds is 8. The Morgan fingerprint density at radius 2 is 2.45 bits per heavy atom. The maximum atomic E-state index is 12.3. The zero-order valence-corrected chi connectivity index (χ0v) is 14.5. The zero-order valence-electron chi connectivity index (χ0n) is 13.7. The van der Waals surface area contributed by atoms with Gasteiger partial charge in [0.05, 0.1) is 12.6 Å². The lowest BCUT2D eigenvalue weighted by Crippen LogP contribution is -2.49. The highest BCUT2D eigenvalue weighted by Gasteiger charge is 2.27. The first kappa shape index (κ1) is 17.4. The van der Waals surface area contributed by atoms with Gasteiger partial charge < -0.3 is 10.1 Å². The number of hydrogen-bond donors (Lipinski definition) is 1. The van der Waals surface area contributed by atoms with Gasteiger partial charge >= 0.3 is 0 Å². The Kier molecular flexibility index (Phi) is 7.36. The van der Waals surface area contributed by atoms with Gasteiger partial charge in [-0.2, -0.15) is 0 Å². The van der Waals surface area contributed by atoms with Crippen molar-refractivity contribution in [1.82, 2.24) is 10.2 Å². The number of nitrogens with one attached hydrogen (secondary N) is 1. The van der Waals surface area contributed by atoms with Gasteiger partial charge in [-0.25, -0.2) is 0 Å². The van der Waals surface area contributed by atoms with Gasteiger partial charge in [-0.1, -0.05) is 6.07 Å². The fourth-order valence-corrected chi connectivity index (χ4v) is 3.66. The zero-order chi connectivity index (χ0) is 15.8. The van der Waals surface area contributed by atoms with Gasteiger partial charge in [0.1, 0.15) is 0 Å². The summed E-state index contributed by atoms with van der Waals surface area (Å²) >= 11 is 1.74. The molecule has 0 spiro atoms. The van der Waals surface area contributed by atoms with Crippen LogP contribution in [-0.4, -0.2) is 49.7 Å². The number of thiophene rings is 1. The van der Waals surface area contributed by atoms with E-state index in [1.54, 1.807) is 11.3 Å². The van der Waals surface area contributed by atoms with E-state index in [9.17, 15) is 4.79 Å². The molecule has 124 valence electrons. The molecule has 0 aromatic carbocycles. The number of hydrogen-bond acceptors (Lipinski definition) is 4. The van der Waals surface area contributed by atoms with Crippen LogP contribution in [0.25, 0.3) is 0 Å². The molecule has 2 heterocycles. The summed E-state index contributed by atoms with van der Waals surface area (Å²) in [5, 5.41) is 5.15. The molecule has 22 heavy (non-hydrogen) atoms. The summed E-state index contributed by atoms with van der Waals surface area (Å²) in [5.74, 6) is 0.712. The molecule has 0 saturated carbocycles. The lowest BCUT2D eigenvalue weighted by molar-refractivity contribution is -0.126. The third-order valence-corrected chi connectivity index (χ3v) is 5.22. The van der Waals surface area contributed by atoms with Gasteiger partial charge in [-0.3, -0.25) is 9.69 Å². The van der Waals surface area contributed by atoms with Crippen LogP contribution < -0.4 is 5.32 Å². The van der Waals surface area contributed by atoms with Gasteiger partial charge in [0.25, 0.3) is 0 Å². The molecule has 0 bridgehead atoms. The molecular formula is C17H28N2O2S. The van der Waals surface area contributed by atoms with Crippen LogP contribution >= 0.6 is 11.3 Å². The maximum Gasteiger partial charge on any atom is 0.237 e. The molecule has 0 unspecified atom stereocenters. The standard InChI is InChI=1S/C17H28N2O2S/c1-3-21-13-15-6-4-10-19(12-15)14(2)17(20)18-9-8-16-7-5-11-22-16/h5,7,11,14-15H,3-4,6,8-10,12-13H2,1-2H3,(H,18,20)/t14-,15-/m1/s1. The summed E-state index contributed by atoms with van der Waals surface area (Å²) in [6.07, 6.45) is 3.29. The van der Waals surface area contributed by atoms with Crippen molar-refractivity contribution in [2.75, 3.05) is 32.8 Å². The number of amides is 1. The van der Waals surface area contributed by atoms with E-state index in [0.717, 1.165) is 45.7 Å². The van der Waals surface area contributed by atoms with Crippen molar-refractivity contribution in [2.24, 2.45) is 5.92 Å². The molecule has 1 aromatic rings. The van der Waals surface area contributed by atoms with Crippen LogP contribution in [-0.2, 0) is 16.0 Å². The third-order valence-electron chi connectivity index (χ3n) is 4.29. The molecule has 1 saturated heterocycles. The summed E-state index contributed by atoms with van der Waals surface area (Å²) in [5.41, 5.74) is 0. The highest BCUT2D eigenvalue weighted by molar-refractivity contribution is 7.09. The third kappa shape index (κ3) is 5.38. The molecule has 1 fully saturated rings. The van der Waals surface area contributed by atoms with E-state index in [1.165, 1.54) is 11.3 Å². The SMILES string of the molecule is CCOC[C@@H]1CCCN([C@H](C)C(=O)NCCc2cccs2)C1. The number of piperidine rings is 1. The van der Waals surface area contributed by atoms with Crippen LogP contribution in [0.2, 0.25) is 0 Å². The number of nitrogens with zero attached hydrogens (tertiary/aromatic N) is 1. The largest absolute Gasteiger partial charge is 0.381 e. The van der Waals surface area contributed by atoms with E-state index < -0.39 is 0 Å². The van der Waals surface area contributed by atoms with Crippen molar-refractivity contribution in [1.29, 1.82) is 0 Å². The minimum atomic E-state index is -0.0484. The van der Waals surface area contributed by atoms with Crippen molar-refractivity contribution < 1.29 is 9.53 Å². The van der Waals surface area contributed by atoms with Crippen molar-refractivity contribution in [3.8, 4) is 0 Å². The number of carbonyl (C=O) groups is 1. The fraction of sp³-hybridized carbons (Fsp3) is 0.706. The molecule has 1 amide bonds. The van der Waals surface area contributed by atoms with Crippen molar-refractivity contribution in [3.63, 3.8) is 0 Å². The minimum absolute atomic E-state index is 0.0484. The van der Waals surface area contributed by atoms with E-state index in [1.807, 2.05) is 13.8 Å². The molecule has 5 heteroatoms. The van der Waals surface area contributed by atoms with Crippen molar-refractivity contribution in [2.45, 2.75) is 39.2 Å². The Morgan fingerprint density at radius 3 is 3.18 bits per heavy atom. The number of ether oxygens (including phenoxy) is 1. The smallest absolute Gasteiger partial charge is 0.237 e. The average Bonchev–Trinajstić information content (AvgIpc) is 3.05. The summed E-state index contributed by atoms with van der Waals surface area (Å²) in [6.45, 7) is 8.35. The normalized spacial score (nSPS) is 20.7. The van der Waals surface area contributed by atoms with Crippen LogP contribution in [0, 0.1) is 5.92 Å². The van der Waals surface area contributed by atoms with Crippen molar-refractivity contribution >= 4 is 17.2 Å². The first-order chi connectivity index (χ1) is 10.7. The van der Waals surface area contributed by atoms with Crippen LogP contribution in [0.3, 0.4) is 0 Å². The van der Waals surface area contributed by atoms with Gasteiger partial charge in [0.2, 0.25) is 5.91 Å². The Bertz CT molecular complexity index is 436. The maximum absolute atomic E-state index is 12.3. The molecule has 2 rings (SSSR count). The molecule has 2 atom stereocenters. The summed E-state index contributed by atoms with van der Waals surface area (Å²) in [4.78, 5) is 15.9. The Morgan fingerprint density at radius 1 is 1.59 bits per heavy atom. The topological polar surface area (TPSA) is 41.6 Å². The molecular weight excluding hydrogens is 296 g/mol. The predicted octanol–water partition coefficient (Wildman–Crippen LogP) is 2.54. The first-order valence-electron chi connectivity index (χ1n) is 8.32. The van der Waals surface area contributed by atoms with E-state index in [-0.39, 0.29) is 11.9 Å². The quantitative estimate of drug-likeness (QED) is 0.799. The second kappa shape index (κ2) is 9.28. The molecule has 1 aromatic heterocycles. The first-order valence-corrected chi connectivity index (χ1v) is 9.20. The van der Waals surface area contributed by atoms with Crippen LogP contribution in [0.5, 0.6) is 0 Å². The Hall–Kier alpha value is -0.910. The van der Waals surface area contributed by atoms with Crippen LogP contribution in [0.1, 0.15) is 31.6 Å². The van der Waals surface area contributed by atoms with E-state index in [4.69, 9.17) is 4.74 Å². The molecule has 4 nitrogen and oxygen atoms in total. The summed E-state index contributed by atoms with van der Waals surface area (Å²) < 4.78 is 5.54. The highest BCUT2D eigenvalue weighted by Crippen LogP contribution is 2.19. The second-order valence-corrected chi connectivity index (χ2v) is 6.99. The van der Waals surface area contributed by atoms with Gasteiger partial charge in [-0.15, -0.1) is 11.3 Å². The van der Waals surface area contributed by atoms with Crippen LogP contribution in [0.15, 0.2) is 17.5 Å². The van der Waals surface area contributed by atoms with Gasteiger partial charge in [0, 0.05) is 24.6 Å². The molecule has 1 aliphatic heterocycles. The van der Waals surface area contributed by atoms with E-state index >= 15 is 0 Å². The molecule has 0 aliphatic carbocycles. The number of carbonyl (C=O) groups excluding carboxylic acids is 1. The van der Waals surface area contributed by atoms with Gasteiger partial charge in [0.15, 0.2) is 0 Å². The summed E-state index contributed by atoms with van der Waals surface area (Å²) in [7, 11) is 0. The fourth-order valence-electron chi connectivity index (χ4n) is 2.95. The van der Waals surface area contributed by atoms with Gasteiger partial charge in [-0.05, 0) is 57.0 Å². The average molecular weight is 324 g/mol. The summed E-state index contributed by atoms with van der Waals surface area (Å²) in [6, 6.07) is 4.12. The highest BCUT2D eigenvalue weighted by atomic mass is 32.1. The molecule has 1 N–H and O–H groups in total. The van der Waals surface area contributed by atoms with Crippen molar-refractivity contribution in [3.05, 3.63) is 22.4 Å². The predicted molar refractivity (Wildman–Crippen MR) is 91.3 cm³/mol. The molecule has 0 radical (unpaired) electrons. The Balaban J connectivity index is 1.72.